The van der Waals surface area contributed by atoms with Gasteiger partial charge >= 0.3 is 12.1 Å². The minimum atomic E-state index is -0.969. The maximum absolute atomic E-state index is 13.5. The smallest absolute Gasteiger partial charge is 0.407 e. The van der Waals surface area contributed by atoms with Gasteiger partial charge in [0.25, 0.3) is 0 Å². The number of carbonyl (C=O) groups excluding carboxylic acids is 4. The first kappa shape index (κ1) is 38.6. The van der Waals surface area contributed by atoms with Gasteiger partial charge < -0.3 is 35.3 Å². The molecule has 0 saturated carbocycles. The molecule has 1 heterocycles. The molecule has 3 atom stereocenters. The molecule has 2 aliphatic rings. The van der Waals surface area contributed by atoms with Gasteiger partial charge in [-0.1, -0.05) is 91.0 Å². The molecule has 0 bridgehead atoms. The zero-order valence-electron chi connectivity index (χ0n) is 29.2. The second-order valence-electron chi connectivity index (χ2n) is 12.7. The fourth-order valence-corrected chi connectivity index (χ4v) is 7.32. The normalized spacial score (nSPS) is 19.1. The number of thioether (sulfide) groups is 1. The van der Waals surface area contributed by atoms with Crippen molar-refractivity contribution in [1.82, 2.24) is 16.0 Å². The van der Waals surface area contributed by atoms with Crippen LogP contribution >= 0.6 is 11.8 Å². The van der Waals surface area contributed by atoms with E-state index in [-0.39, 0.29) is 70.2 Å². The Hall–Kier alpha value is -4.65. The molecule has 3 aromatic carbocycles. The lowest BCUT2D eigenvalue weighted by Crippen LogP contribution is -2.47. The highest BCUT2D eigenvalue weighted by atomic mass is 32.2. The number of esters is 1. The Kier molecular flexibility index (Phi) is 15.1. The summed E-state index contributed by atoms with van der Waals surface area (Å²) in [4.78, 5) is 52.8. The van der Waals surface area contributed by atoms with E-state index >= 15 is 0 Å². The molecule has 52 heavy (non-hydrogen) atoms. The Bertz CT molecular complexity index is 1620. The van der Waals surface area contributed by atoms with Gasteiger partial charge in [-0.2, -0.15) is 11.8 Å². The van der Waals surface area contributed by atoms with Crippen LogP contribution in [0.1, 0.15) is 48.3 Å². The Morgan fingerprint density at radius 2 is 1.63 bits per heavy atom. The molecule has 3 amide bonds. The number of hydrogen-bond donors (Lipinski definition) is 4. The SMILES string of the molecule is O=C(CC1CC=CCCC(NC(=O)OCC2c3ccccc3-c3ccccc32)C(=O)OCC(CSCc2ccccc2)NC1=O)NCCOCCO. The topological polar surface area (TPSA) is 152 Å². The van der Waals surface area contributed by atoms with Crippen LogP contribution in [-0.4, -0.2) is 86.4 Å². The number of benzene rings is 3. The van der Waals surface area contributed by atoms with E-state index in [0.29, 0.717) is 24.3 Å². The van der Waals surface area contributed by atoms with Crippen LogP contribution in [0.15, 0.2) is 91.0 Å². The van der Waals surface area contributed by atoms with Crippen LogP contribution in [0.4, 0.5) is 4.79 Å². The van der Waals surface area contributed by atoms with Gasteiger partial charge in [0.05, 0.1) is 31.8 Å². The number of aliphatic hydroxyl groups is 1. The zero-order chi connectivity index (χ0) is 36.5. The molecule has 1 aliphatic heterocycles. The molecule has 1 aliphatic carbocycles. The van der Waals surface area contributed by atoms with Crippen LogP contribution in [0, 0.1) is 5.92 Å². The van der Waals surface area contributed by atoms with Crippen LogP contribution in [0.3, 0.4) is 0 Å². The van der Waals surface area contributed by atoms with Crippen LogP contribution in [0.5, 0.6) is 0 Å². The van der Waals surface area contributed by atoms with Gasteiger partial charge in [0.15, 0.2) is 0 Å². The minimum absolute atomic E-state index is 0.0359. The molecule has 0 radical (unpaired) electrons. The summed E-state index contributed by atoms with van der Waals surface area (Å²) >= 11 is 1.59. The average molecular weight is 730 g/mol. The average Bonchev–Trinajstić information content (AvgIpc) is 3.48. The highest BCUT2D eigenvalue weighted by Crippen LogP contribution is 2.44. The third-order valence-corrected chi connectivity index (χ3v) is 10.1. The lowest BCUT2D eigenvalue weighted by Gasteiger charge is -2.23. The number of hydrogen-bond acceptors (Lipinski definition) is 9. The van der Waals surface area contributed by atoms with Crippen molar-refractivity contribution in [3.05, 3.63) is 108 Å². The molecule has 5 rings (SSSR count). The lowest BCUT2D eigenvalue weighted by atomic mass is 9.98. The molecular weight excluding hydrogens is 683 g/mol. The van der Waals surface area contributed by atoms with E-state index in [1.54, 1.807) is 11.8 Å². The number of carbonyl (C=O) groups is 4. The summed E-state index contributed by atoms with van der Waals surface area (Å²) in [5, 5.41) is 17.4. The highest BCUT2D eigenvalue weighted by Gasteiger charge is 2.31. The van der Waals surface area contributed by atoms with Gasteiger partial charge in [-0.05, 0) is 47.1 Å². The van der Waals surface area contributed by atoms with Crippen LogP contribution in [-0.2, 0) is 34.3 Å². The zero-order valence-corrected chi connectivity index (χ0v) is 30.0. The number of alkyl carbamates (subject to hydrolysis) is 1. The first-order valence-electron chi connectivity index (χ1n) is 17.7. The van der Waals surface area contributed by atoms with E-state index in [2.05, 4.69) is 28.1 Å². The van der Waals surface area contributed by atoms with Crippen molar-refractivity contribution in [2.24, 2.45) is 5.92 Å². The fraction of sp³-hybridized carbons (Fsp3) is 0.400. The van der Waals surface area contributed by atoms with Gasteiger partial charge in [0, 0.05) is 30.4 Å². The molecule has 3 aromatic rings. The third kappa shape index (κ3) is 11.4. The van der Waals surface area contributed by atoms with Gasteiger partial charge in [-0.15, -0.1) is 0 Å². The molecule has 0 spiro atoms. The molecule has 3 unspecified atom stereocenters. The monoisotopic (exact) mass is 729 g/mol. The number of cyclic esters (lactones) is 1. The quantitative estimate of drug-likeness (QED) is 0.105. The van der Waals surface area contributed by atoms with E-state index in [4.69, 9.17) is 19.3 Å². The molecule has 12 heteroatoms. The van der Waals surface area contributed by atoms with Gasteiger partial charge in [0.2, 0.25) is 11.8 Å². The predicted octanol–water partition coefficient (Wildman–Crippen LogP) is 4.73. The number of rotatable bonds is 14. The number of allylic oxidation sites excluding steroid dienone is 2. The van der Waals surface area contributed by atoms with Crippen molar-refractivity contribution in [3.63, 3.8) is 0 Å². The van der Waals surface area contributed by atoms with Gasteiger partial charge in [-0.25, -0.2) is 9.59 Å². The molecule has 0 saturated heterocycles. The lowest BCUT2D eigenvalue weighted by molar-refractivity contribution is -0.147. The van der Waals surface area contributed by atoms with Crippen molar-refractivity contribution in [1.29, 1.82) is 0 Å². The first-order valence-corrected chi connectivity index (χ1v) is 18.9. The molecule has 0 aromatic heterocycles. The summed E-state index contributed by atoms with van der Waals surface area (Å²) in [6.45, 7) is 0.593. The van der Waals surface area contributed by atoms with Crippen molar-refractivity contribution in [2.75, 3.05) is 45.3 Å². The predicted molar refractivity (Wildman–Crippen MR) is 199 cm³/mol. The van der Waals surface area contributed by atoms with Crippen LogP contribution < -0.4 is 16.0 Å². The summed E-state index contributed by atoms with van der Waals surface area (Å²) in [7, 11) is 0. The number of nitrogens with one attached hydrogen (secondary N) is 3. The molecule has 4 N–H and O–H groups in total. The van der Waals surface area contributed by atoms with Crippen molar-refractivity contribution in [2.45, 2.75) is 49.4 Å². The number of fused-ring (bicyclic) bond motifs is 3. The molecule has 11 nitrogen and oxygen atoms in total. The maximum atomic E-state index is 13.5. The van der Waals surface area contributed by atoms with E-state index in [1.807, 2.05) is 78.9 Å². The standard InChI is InChI=1S/C40H47N3O8S/c44-20-22-49-21-19-41-37(45)23-29-13-5-2-6-18-36(39(47)50-24-30(42-38(29)46)27-52-26-28-11-3-1-4-12-28)43-40(48)51-25-35-33-16-9-7-14-31(33)32-15-8-10-17-34(32)35/h1-5,7-12,14-17,29-30,35-36,44H,6,13,18-27H2,(H,41,45)(H,42,46)(H,43,48). The fourth-order valence-electron chi connectivity index (χ4n) is 6.31. The minimum Gasteiger partial charge on any atom is -0.462 e. The van der Waals surface area contributed by atoms with Gasteiger partial charge in [-0.3, -0.25) is 9.59 Å². The van der Waals surface area contributed by atoms with Crippen molar-refractivity contribution >= 4 is 35.6 Å². The Labute approximate surface area is 308 Å². The number of ether oxygens (including phenoxy) is 3. The summed E-state index contributed by atoms with van der Waals surface area (Å²) in [5.74, 6) is -0.852. The van der Waals surface area contributed by atoms with Gasteiger partial charge in [0.1, 0.15) is 19.3 Å². The Balaban J connectivity index is 1.22. The Morgan fingerprint density at radius 3 is 2.37 bits per heavy atom. The second kappa shape index (κ2) is 20.4. The van der Waals surface area contributed by atoms with E-state index in [9.17, 15) is 19.2 Å². The second-order valence-corrected chi connectivity index (χ2v) is 13.8. The summed E-state index contributed by atoms with van der Waals surface area (Å²) in [6, 6.07) is 24.5. The molecule has 276 valence electrons. The molecule has 0 fully saturated rings. The van der Waals surface area contributed by atoms with E-state index < -0.39 is 30.1 Å². The number of amides is 3. The van der Waals surface area contributed by atoms with Crippen molar-refractivity contribution in [3.8, 4) is 11.1 Å². The van der Waals surface area contributed by atoms with Crippen LogP contribution in [0.2, 0.25) is 0 Å². The Morgan fingerprint density at radius 1 is 0.923 bits per heavy atom. The molecular formula is C40H47N3O8S. The van der Waals surface area contributed by atoms with E-state index in [0.717, 1.165) is 27.8 Å². The van der Waals surface area contributed by atoms with Crippen LogP contribution in [0.25, 0.3) is 11.1 Å². The third-order valence-electron chi connectivity index (χ3n) is 8.94. The first-order chi connectivity index (χ1) is 25.4. The largest absolute Gasteiger partial charge is 0.462 e. The highest BCUT2D eigenvalue weighted by molar-refractivity contribution is 7.98. The summed E-state index contributed by atoms with van der Waals surface area (Å²) in [5.41, 5.74) is 5.53. The van der Waals surface area contributed by atoms with E-state index in [1.165, 1.54) is 0 Å². The van der Waals surface area contributed by atoms with Crippen molar-refractivity contribution < 1.29 is 38.5 Å². The maximum Gasteiger partial charge on any atom is 0.407 e. The summed E-state index contributed by atoms with van der Waals surface area (Å²) < 4.78 is 16.7. The summed E-state index contributed by atoms with van der Waals surface area (Å²) in [6.07, 6.45) is 3.90. The number of aliphatic hydroxyl groups excluding tert-OH is 1.